The summed E-state index contributed by atoms with van der Waals surface area (Å²) in [6, 6.07) is -0.268. The molecule has 3 rings (SSSR count). The van der Waals surface area contributed by atoms with E-state index < -0.39 is 0 Å². The molecule has 5 heteroatoms. The van der Waals surface area contributed by atoms with E-state index in [0.29, 0.717) is 13.0 Å². The largest absolute Gasteiger partial charge is 0.354 e. The standard InChI is InChI=1S/C16H24N2O2S/c1-16-9-7-14(19)18(16)13(11-21-16)15(20)17-10-8-12-5-3-2-4-6-12/h5,13H,2-4,6-11H2,1H3,(H,17,20)/t13-,16-/m1/s1. The smallest absolute Gasteiger partial charge is 0.243 e. The Morgan fingerprint density at radius 1 is 1.48 bits per heavy atom. The summed E-state index contributed by atoms with van der Waals surface area (Å²) in [5.41, 5.74) is 1.48. The first-order chi connectivity index (χ1) is 10.1. The van der Waals surface area contributed by atoms with Crippen LogP contribution in [0.15, 0.2) is 11.6 Å². The van der Waals surface area contributed by atoms with Gasteiger partial charge in [-0.3, -0.25) is 9.59 Å². The lowest BCUT2D eigenvalue weighted by molar-refractivity contribution is -0.137. The van der Waals surface area contributed by atoms with Gasteiger partial charge in [0.1, 0.15) is 6.04 Å². The first-order valence-electron chi connectivity index (χ1n) is 8.02. The topological polar surface area (TPSA) is 49.4 Å². The van der Waals surface area contributed by atoms with E-state index in [0.717, 1.165) is 18.6 Å². The van der Waals surface area contributed by atoms with Gasteiger partial charge in [-0.2, -0.15) is 0 Å². The highest BCUT2D eigenvalue weighted by molar-refractivity contribution is 8.01. The molecule has 3 aliphatic rings. The van der Waals surface area contributed by atoms with Crippen LogP contribution in [0.4, 0.5) is 0 Å². The van der Waals surface area contributed by atoms with Crippen molar-refractivity contribution >= 4 is 23.6 Å². The van der Waals surface area contributed by atoms with E-state index in [1.165, 1.54) is 31.3 Å². The molecular formula is C16H24N2O2S. The normalized spacial score (nSPS) is 32.0. The Kier molecular flexibility index (Phi) is 4.29. The third-order valence-electron chi connectivity index (χ3n) is 4.88. The second kappa shape index (κ2) is 6.03. The number of rotatable bonds is 4. The van der Waals surface area contributed by atoms with Gasteiger partial charge in [0.2, 0.25) is 11.8 Å². The number of hydrogen-bond acceptors (Lipinski definition) is 3. The van der Waals surface area contributed by atoms with Crippen molar-refractivity contribution in [1.82, 2.24) is 10.2 Å². The summed E-state index contributed by atoms with van der Waals surface area (Å²) in [6.45, 7) is 2.78. The molecule has 0 radical (unpaired) electrons. The van der Waals surface area contributed by atoms with E-state index in [1.807, 2.05) is 4.90 Å². The van der Waals surface area contributed by atoms with Gasteiger partial charge in [0, 0.05) is 18.7 Å². The zero-order valence-electron chi connectivity index (χ0n) is 12.7. The Morgan fingerprint density at radius 3 is 3.10 bits per heavy atom. The van der Waals surface area contributed by atoms with E-state index >= 15 is 0 Å². The molecule has 0 bridgehead atoms. The van der Waals surface area contributed by atoms with Gasteiger partial charge in [-0.25, -0.2) is 0 Å². The molecule has 116 valence electrons. The van der Waals surface area contributed by atoms with Gasteiger partial charge in [-0.15, -0.1) is 11.8 Å². The zero-order valence-corrected chi connectivity index (χ0v) is 13.5. The lowest BCUT2D eigenvalue weighted by Crippen LogP contribution is -2.50. The Morgan fingerprint density at radius 2 is 2.33 bits per heavy atom. The second-order valence-electron chi connectivity index (χ2n) is 6.41. The first kappa shape index (κ1) is 14.9. The van der Waals surface area contributed by atoms with Crippen molar-refractivity contribution in [3.8, 4) is 0 Å². The van der Waals surface area contributed by atoms with Crippen LogP contribution in [0.2, 0.25) is 0 Å². The number of carbonyl (C=O) groups is 2. The van der Waals surface area contributed by atoms with Crippen LogP contribution in [-0.2, 0) is 9.59 Å². The summed E-state index contributed by atoms with van der Waals surface area (Å²) >= 11 is 1.75. The summed E-state index contributed by atoms with van der Waals surface area (Å²) in [5.74, 6) is 0.895. The van der Waals surface area contributed by atoms with Gasteiger partial charge in [0.25, 0.3) is 0 Å². The van der Waals surface area contributed by atoms with Gasteiger partial charge in [-0.05, 0) is 45.4 Å². The van der Waals surface area contributed by atoms with Crippen molar-refractivity contribution < 1.29 is 9.59 Å². The summed E-state index contributed by atoms with van der Waals surface area (Å²) < 4.78 is 0. The molecule has 0 saturated carbocycles. The highest BCUT2D eigenvalue weighted by atomic mass is 32.2. The van der Waals surface area contributed by atoms with Crippen LogP contribution < -0.4 is 5.32 Å². The lowest BCUT2D eigenvalue weighted by atomic mass is 9.97. The quantitative estimate of drug-likeness (QED) is 0.812. The number of nitrogens with one attached hydrogen (secondary N) is 1. The maximum Gasteiger partial charge on any atom is 0.243 e. The van der Waals surface area contributed by atoms with Crippen molar-refractivity contribution in [2.75, 3.05) is 12.3 Å². The minimum Gasteiger partial charge on any atom is -0.354 e. The highest BCUT2D eigenvalue weighted by Gasteiger charge is 2.52. The number of carbonyl (C=O) groups excluding carboxylic acids is 2. The van der Waals surface area contributed by atoms with E-state index in [4.69, 9.17) is 0 Å². The molecule has 0 aromatic rings. The molecule has 2 saturated heterocycles. The van der Waals surface area contributed by atoms with Crippen molar-refractivity contribution in [3.63, 3.8) is 0 Å². The van der Waals surface area contributed by atoms with E-state index in [2.05, 4.69) is 18.3 Å². The summed E-state index contributed by atoms with van der Waals surface area (Å²) in [4.78, 5) is 26.1. The molecule has 1 aliphatic carbocycles. The van der Waals surface area contributed by atoms with Crippen LogP contribution in [0.25, 0.3) is 0 Å². The van der Waals surface area contributed by atoms with Gasteiger partial charge in [0.05, 0.1) is 4.87 Å². The molecule has 0 spiro atoms. The number of nitrogens with zero attached hydrogens (tertiary/aromatic N) is 1. The van der Waals surface area contributed by atoms with E-state index in [-0.39, 0.29) is 22.7 Å². The van der Waals surface area contributed by atoms with E-state index in [9.17, 15) is 9.59 Å². The third-order valence-corrected chi connectivity index (χ3v) is 6.38. The molecule has 2 fully saturated rings. The third kappa shape index (κ3) is 2.98. The number of hydrogen-bond donors (Lipinski definition) is 1. The maximum atomic E-state index is 12.4. The fourth-order valence-electron chi connectivity index (χ4n) is 3.61. The van der Waals surface area contributed by atoms with Crippen LogP contribution >= 0.6 is 11.8 Å². The van der Waals surface area contributed by atoms with Gasteiger partial charge in [-0.1, -0.05) is 11.6 Å². The predicted molar refractivity (Wildman–Crippen MR) is 84.9 cm³/mol. The van der Waals surface area contributed by atoms with Crippen LogP contribution in [0.5, 0.6) is 0 Å². The monoisotopic (exact) mass is 308 g/mol. The summed E-state index contributed by atoms with van der Waals surface area (Å²) in [7, 11) is 0. The Labute approximate surface area is 130 Å². The van der Waals surface area contributed by atoms with Crippen LogP contribution in [0, 0.1) is 0 Å². The Hall–Kier alpha value is -0.970. The summed E-state index contributed by atoms with van der Waals surface area (Å²) in [6.07, 6.45) is 9.66. The highest BCUT2D eigenvalue weighted by Crippen LogP contribution is 2.47. The van der Waals surface area contributed by atoms with Crippen molar-refractivity contribution in [2.45, 2.75) is 62.8 Å². The first-order valence-corrected chi connectivity index (χ1v) is 9.00. The molecule has 2 amide bonds. The summed E-state index contributed by atoms with van der Waals surface area (Å²) in [5, 5.41) is 3.04. The molecule has 21 heavy (non-hydrogen) atoms. The Bertz CT molecular complexity index is 477. The molecular weight excluding hydrogens is 284 g/mol. The molecule has 0 aromatic heterocycles. The van der Waals surface area contributed by atoms with Gasteiger partial charge < -0.3 is 10.2 Å². The maximum absolute atomic E-state index is 12.4. The number of allylic oxidation sites excluding steroid dienone is 1. The van der Waals surface area contributed by atoms with Crippen molar-refractivity contribution in [1.29, 1.82) is 0 Å². The molecule has 2 aliphatic heterocycles. The minimum absolute atomic E-state index is 0.0258. The van der Waals surface area contributed by atoms with Crippen molar-refractivity contribution in [3.05, 3.63) is 11.6 Å². The van der Waals surface area contributed by atoms with Crippen LogP contribution in [0.1, 0.15) is 51.9 Å². The zero-order chi connectivity index (χ0) is 14.9. The second-order valence-corrected chi connectivity index (χ2v) is 7.92. The molecule has 0 aromatic carbocycles. The average molecular weight is 308 g/mol. The van der Waals surface area contributed by atoms with Crippen LogP contribution in [-0.4, -0.2) is 39.9 Å². The molecule has 4 nitrogen and oxygen atoms in total. The average Bonchev–Trinajstić information content (AvgIpc) is 2.97. The fraction of sp³-hybridized carbons (Fsp3) is 0.750. The fourth-order valence-corrected chi connectivity index (χ4v) is 5.04. The predicted octanol–water partition coefficient (Wildman–Crippen LogP) is 2.45. The van der Waals surface area contributed by atoms with Crippen molar-refractivity contribution in [2.24, 2.45) is 0 Å². The number of amides is 2. The number of fused-ring (bicyclic) bond motifs is 1. The molecule has 2 atom stereocenters. The minimum atomic E-state index is -0.268. The van der Waals surface area contributed by atoms with E-state index in [1.54, 1.807) is 11.8 Å². The molecule has 2 heterocycles. The van der Waals surface area contributed by atoms with Gasteiger partial charge >= 0.3 is 0 Å². The lowest BCUT2D eigenvalue weighted by Gasteiger charge is -2.29. The molecule has 0 unspecified atom stereocenters. The Balaban J connectivity index is 1.51. The molecule has 1 N–H and O–H groups in total. The van der Waals surface area contributed by atoms with Crippen LogP contribution in [0.3, 0.4) is 0 Å². The van der Waals surface area contributed by atoms with Gasteiger partial charge in [0.15, 0.2) is 0 Å². The SMILES string of the molecule is C[C@@]12CCC(=O)N1[C@@H](C(=O)NCCC1=CCCCC1)CS2. The number of thioether (sulfide) groups is 1.